The highest BCUT2D eigenvalue weighted by molar-refractivity contribution is 7.22. The Hall–Kier alpha value is -4.21. The zero-order valence-corrected chi connectivity index (χ0v) is 17.2. The maximum Gasteiger partial charge on any atom is 0.336 e. The van der Waals surface area contributed by atoms with E-state index < -0.39 is 11.2 Å². The van der Waals surface area contributed by atoms with Crippen molar-refractivity contribution in [3.8, 4) is 34.0 Å². The third-order valence-electron chi connectivity index (χ3n) is 4.78. The number of ether oxygens (including phenoxy) is 1. The number of rotatable bonds is 5. The van der Waals surface area contributed by atoms with Crippen LogP contribution in [0.3, 0.4) is 0 Å². The molecule has 4 aromatic rings. The highest BCUT2D eigenvalue weighted by Gasteiger charge is 2.19. The fourth-order valence-corrected chi connectivity index (χ4v) is 4.45. The van der Waals surface area contributed by atoms with Gasteiger partial charge in [0.05, 0.1) is 54.8 Å². The number of pyridine rings is 1. The molecule has 31 heavy (non-hydrogen) atoms. The lowest BCUT2D eigenvalue weighted by atomic mass is 10.1. The molecule has 0 aliphatic heterocycles. The highest BCUT2D eigenvalue weighted by atomic mass is 32.1. The van der Waals surface area contributed by atoms with Gasteiger partial charge in [-0.1, -0.05) is 18.2 Å². The number of fused-ring (bicyclic) bond motifs is 1. The quantitative estimate of drug-likeness (QED) is 0.482. The molecule has 0 saturated carbocycles. The maximum atomic E-state index is 13.3. The minimum atomic E-state index is -0.569. The minimum Gasteiger partial charge on any atom is -0.495 e. The molecule has 0 unspecified atom stereocenters. The van der Waals surface area contributed by atoms with Crippen LogP contribution < -0.4 is 16.0 Å². The van der Waals surface area contributed by atoms with Gasteiger partial charge >= 0.3 is 5.69 Å². The molecule has 3 aromatic heterocycles. The first-order valence-electron chi connectivity index (χ1n) is 9.24. The first-order valence-corrected chi connectivity index (χ1v) is 10.1. The van der Waals surface area contributed by atoms with Crippen LogP contribution in [0.1, 0.15) is 12.0 Å². The predicted molar refractivity (Wildman–Crippen MR) is 116 cm³/mol. The van der Waals surface area contributed by atoms with E-state index in [9.17, 15) is 14.9 Å². The zero-order valence-electron chi connectivity index (χ0n) is 16.4. The van der Waals surface area contributed by atoms with E-state index in [2.05, 4.69) is 11.1 Å². The molecule has 0 amide bonds. The summed E-state index contributed by atoms with van der Waals surface area (Å²) in [6, 6.07) is 14.5. The van der Waals surface area contributed by atoms with Gasteiger partial charge in [-0.05, 0) is 12.1 Å². The van der Waals surface area contributed by atoms with E-state index in [-0.39, 0.29) is 18.7 Å². The zero-order chi connectivity index (χ0) is 22.0. The fraction of sp³-hybridized carbons (Fsp3) is 0.136. The van der Waals surface area contributed by atoms with Crippen LogP contribution in [0.25, 0.3) is 26.3 Å². The van der Waals surface area contributed by atoms with Gasteiger partial charge in [0.25, 0.3) is 5.56 Å². The van der Waals surface area contributed by atoms with Gasteiger partial charge in [0.1, 0.15) is 10.4 Å². The van der Waals surface area contributed by atoms with Gasteiger partial charge in [0, 0.05) is 23.1 Å². The smallest absolute Gasteiger partial charge is 0.336 e. The van der Waals surface area contributed by atoms with Gasteiger partial charge in [-0.3, -0.25) is 14.3 Å². The second-order valence-corrected chi connectivity index (χ2v) is 7.60. The Morgan fingerprint density at radius 2 is 1.97 bits per heavy atom. The van der Waals surface area contributed by atoms with Crippen molar-refractivity contribution in [3.63, 3.8) is 0 Å². The Morgan fingerprint density at radius 3 is 2.71 bits per heavy atom. The Labute approximate surface area is 180 Å². The number of hydrogen-bond donors (Lipinski definition) is 0. The van der Waals surface area contributed by atoms with E-state index >= 15 is 0 Å². The average Bonchev–Trinajstić information content (AvgIpc) is 3.24. The van der Waals surface area contributed by atoms with Crippen LogP contribution >= 0.6 is 11.3 Å². The number of benzene rings is 1. The standard InChI is InChI=1S/C22H15N5O3S/c1-30-16-9-15(12-25-13-16)27-21(28)20-18(26(22(27)29)8-4-7-23)10-19(31-20)17-6-3-2-5-14(17)11-24/h2-3,5-6,9-10,12-13H,4,8H2,1H3. The fourth-order valence-electron chi connectivity index (χ4n) is 3.32. The molecule has 0 saturated heterocycles. The molecule has 0 spiro atoms. The number of aryl methyl sites for hydroxylation is 1. The van der Waals surface area contributed by atoms with E-state index in [1.807, 2.05) is 12.1 Å². The van der Waals surface area contributed by atoms with E-state index in [0.717, 1.165) is 4.57 Å². The summed E-state index contributed by atoms with van der Waals surface area (Å²) >= 11 is 1.20. The van der Waals surface area contributed by atoms with E-state index in [0.29, 0.717) is 32.0 Å². The molecule has 1 aromatic carbocycles. The minimum absolute atomic E-state index is 0.101. The molecule has 0 fully saturated rings. The first-order chi connectivity index (χ1) is 15.1. The van der Waals surface area contributed by atoms with Crippen LogP contribution in [0.15, 0.2) is 58.4 Å². The van der Waals surface area contributed by atoms with Crippen LogP contribution in [0.2, 0.25) is 0 Å². The molecule has 4 rings (SSSR count). The number of methoxy groups -OCH3 is 1. The van der Waals surface area contributed by atoms with Gasteiger partial charge in [-0.15, -0.1) is 11.3 Å². The van der Waals surface area contributed by atoms with Crippen molar-refractivity contribution in [3.05, 3.63) is 75.2 Å². The normalized spacial score (nSPS) is 10.5. The summed E-state index contributed by atoms with van der Waals surface area (Å²) in [6.45, 7) is 0.125. The third kappa shape index (κ3) is 3.48. The number of aromatic nitrogens is 3. The Morgan fingerprint density at radius 1 is 1.16 bits per heavy atom. The van der Waals surface area contributed by atoms with Crippen molar-refractivity contribution in [1.82, 2.24) is 14.1 Å². The molecule has 9 heteroatoms. The van der Waals surface area contributed by atoms with Gasteiger partial charge in [-0.2, -0.15) is 10.5 Å². The van der Waals surface area contributed by atoms with Crippen molar-refractivity contribution >= 4 is 21.6 Å². The molecule has 3 heterocycles. The summed E-state index contributed by atoms with van der Waals surface area (Å²) in [7, 11) is 1.47. The van der Waals surface area contributed by atoms with Gasteiger partial charge in [0.2, 0.25) is 0 Å². The highest BCUT2D eigenvalue weighted by Crippen LogP contribution is 2.33. The van der Waals surface area contributed by atoms with Crippen LogP contribution in [-0.4, -0.2) is 21.2 Å². The molecule has 0 aliphatic rings. The third-order valence-corrected chi connectivity index (χ3v) is 5.92. The lowest BCUT2D eigenvalue weighted by Crippen LogP contribution is -2.38. The van der Waals surface area contributed by atoms with Crippen LogP contribution in [0.4, 0.5) is 0 Å². The van der Waals surface area contributed by atoms with Crippen molar-refractivity contribution in [2.24, 2.45) is 0 Å². The predicted octanol–water partition coefficient (Wildman–Crippen LogP) is 3.07. The van der Waals surface area contributed by atoms with Crippen molar-refractivity contribution in [1.29, 1.82) is 10.5 Å². The summed E-state index contributed by atoms with van der Waals surface area (Å²) in [6.07, 6.45) is 2.98. The number of thiophene rings is 1. The lowest BCUT2D eigenvalue weighted by molar-refractivity contribution is 0.412. The van der Waals surface area contributed by atoms with Crippen molar-refractivity contribution in [2.75, 3.05) is 7.11 Å². The second kappa shape index (κ2) is 8.27. The largest absolute Gasteiger partial charge is 0.495 e. The monoisotopic (exact) mass is 429 g/mol. The summed E-state index contributed by atoms with van der Waals surface area (Å²) in [5.74, 6) is 0.405. The van der Waals surface area contributed by atoms with E-state index in [4.69, 9.17) is 10.00 Å². The van der Waals surface area contributed by atoms with Gasteiger partial charge in [-0.25, -0.2) is 9.36 Å². The molecule has 152 valence electrons. The summed E-state index contributed by atoms with van der Waals surface area (Å²) in [4.78, 5) is 31.3. The Kier molecular flexibility index (Phi) is 5.35. The Balaban J connectivity index is 2.05. The van der Waals surface area contributed by atoms with Gasteiger partial charge in [0.15, 0.2) is 0 Å². The summed E-state index contributed by atoms with van der Waals surface area (Å²) < 4.78 is 7.96. The maximum absolute atomic E-state index is 13.3. The molecule has 8 nitrogen and oxygen atoms in total. The second-order valence-electron chi connectivity index (χ2n) is 6.55. The molecular weight excluding hydrogens is 414 g/mol. The van der Waals surface area contributed by atoms with Gasteiger partial charge < -0.3 is 4.74 Å². The van der Waals surface area contributed by atoms with E-state index in [1.165, 1.54) is 35.4 Å². The molecule has 0 aliphatic carbocycles. The van der Waals surface area contributed by atoms with Crippen LogP contribution in [0.5, 0.6) is 5.75 Å². The number of nitriles is 2. The summed E-state index contributed by atoms with van der Waals surface area (Å²) in [5, 5.41) is 18.5. The van der Waals surface area contributed by atoms with E-state index in [1.54, 1.807) is 30.3 Å². The Bertz CT molecular complexity index is 1500. The number of nitrogens with zero attached hydrogens (tertiary/aromatic N) is 5. The molecule has 0 N–H and O–H groups in total. The molecule has 0 bridgehead atoms. The average molecular weight is 429 g/mol. The molecule has 0 radical (unpaired) electrons. The first kappa shape index (κ1) is 20.1. The topological polar surface area (TPSA) is 114 Å². The molecule has 0 atom stereocenters. The van der Waals surface area contributed by atoms with Crippen LogP contribution in [0, 0.1) is 22.7 Å². The number of hydrogen-bond acceptors (Lipinski definition) is 7. The SMILES string of the molecule is COc1cncc(-n2c(=O)c3sc(-c4ccccc4C#N)cc3n(CCC#N)c2=O)c1. The van der Waals surface area contributed by atoms with Crippen LogP contribution in [-0.2, 0) is 6.54 Å². The lowest BCUT2D eigenvalue weighted by Gasteiger charge is -2.11. The van der Waals surface area contributed by atoms with Crippen molar-refractivity contribution < 1.29 is 4.74 Å². The summed E-state index contributed by atoms with van der Waals surface area (Å²) in [5.41, 5.74) is 0.797. The van der Waals surface area contributed by atoms with Crippen molar-refractivity contribution in [2.45, 2.75) is 13.0 Å². The molecular formula is C22H15N5O3S.